The van der Waals surface area contributed by atoms with E-state index in [-0.39, 0.29) is 22.3 Å². The van der Waals surface area contributed by atoms with Gasteiger partial charge in [0, 0.05) is 0 Å². The van der Waals surface area contributed by atoms with E-state index in [0.29, 0.717) is 0 Å². The first kappa shape index (κ1) is 24.9. The van der Waals surface area contributed by atoms with Crippen LogP contribution >= 0.6 is 0 Å². The molecule has 0 aliphatic carbocycles. The third-order valence-corrected chi connectivity index (χ3v) is 2.29. The van der Waals surface area contributed by atoms with Crippen molar-refractivity contribution in [3.8, 4) is 0 Å². The van der Waals surface area contributed by atoms with Gasteiger partial charge in [-0.15, -0.1) is 0 Å². The van der Waals surface area contributed by atoms with E-state index in [1.807, 2.05) is 13.8 Å². The zero-order chi connectivity index (χ0) is 9.94. The molecule has 0 unspecified atom stereocenters. The minimum Gasteiger partial charge on any atom is -0.317 e. The highest BCUT2D eigenvalue weighted by Crippen LogP contribution is 2.02. The van der Waals surface area contributed by atoms with Crippen LogP contribution in [0, 0.1) is 0 Å². The first-order chi connectivity index (χ1) is 6.39. The molecule has 104 valence electrons. The SMILES string of the molecule is C.C.C.C1CCNC1.CC.CN1CCCC1. The van der Waals surface area contributed by atoms with Crippen molar-refractivity contribution in [1.82, 2.24) is 10.2 Å². The lowest BCUT2D eigenvalue weighted by Crippen LogP contribution is -2.10. The van der Waals surface area contributed by atoms with Gasteiger partial charge in [-0.3, -0.25) is 0 Å². The maximum Gasteiger partial charge on any atom is -0.00213 e. The molecular weight excluding hydrogens is 196 g/mol. The van der Waals surface area contributed by atoms with Crippen LogP contribution < -0.4 is 5.32 Å². The van der Waals surface area contributed by atoms with Crippen molar-refractivity contribution in [2.45, 2.75) is 61.8 Å². The predicted octanol–water partition coefficient (Wildman–Crippen LogP) is 4.02. The first-order valence-corrected chi connectivity index (χ1v) is 5.79. The number of nitrogens with zero attached hydrogens (tertiary/aromatic N) is 1. The molecule has 0 aromatic heterocycles. The molecule has 0 atom stereocenters. The van der Waals surface area contributed by atoms with Gasteiger partial charge in [0.1, 0.15) is 0 Å². The molecule has 0 bridgehead atoms. The fourth-order valence-electron chi connectivity index (χ4n) is 1.50. The normalized spacial score (nSPS) is 17.4. The van der Waals surface area contributed by atoms with Gasteiger partial charge in [-0.25, -0.2) is 0 Å². The van der Waals surface area contributed by atoms with Gasteiger partial charge in [-0.1, -0.05) is 36.1 Å². The average Bonchev–Trinajstić information content (AvgIpc) is 2.81. The Morgan fingerprint density at radius 3 is 1.25 bits per heavy atom. The van der Waals surface area contributed by atoms with E-state index in [4.69, 9.17) is 0 Å². The lowest BCUT2D eigenvalue weighted by atomic mass is 10.4. The van der Waals surface area contributed by atoms with Gasteiger partial charge in [0.25, 0.3) is 0 Å². The number of hydrogen-bond acceptors (Lipinski definition) is 2. The highest BCUT2D eigenvalue weighted by Gasteiger charge is 2.03. The summed E-state index contributed by atoms with van der Waals surface area (Å²) in [5, 5.41) is 3.22. The van der Waals surface area contributed by atoms with Gasteiger partial charge < -0.3 is 10.2 Å². The average molecular weight is 234 g/mol. The minimum atomic E-state index is 0. The molecule has 2 aliphatic heterocycles. The van der Waals surface area contributed by atoms with Crippen LogP contribution in [0.3, 0.4) is 0 Å². The van der Waals surface area contributed by atoms with E-state index in [0.717, 1.165) is 0 Å². The largest absolute Gasteiger partial charge is 0.317 e. The van der Waals surface area contributed by atoms with Crippen LogP contribution in [-0.4, -0.2) is 38.1 Å². The van der Waals surface area contributed by atoms with E-state index in [9.17, 15) is 0 Å². The second kappa shape index (κ2) is 20.3. The van der Waals surface area contributed by atoms with Crippen molar-refractivity contribution >= 4 is 0 Å². The highest BCUT2D eigenvalue weighted by molar-refractivity contribution is 4.59. The van der Waals surface area contributed by atoms with Crippen molar-refractivity contribution in [3.05, 3.63) is 0 Å². The summed E-state index contributed by atoms with van der Waals surface area (Å²) in [5.74, 6) is 0. The molecule has 2 rings (SSSR count). The molecule has 1 N–H and O–H groups in total. The molecule has 0 radical (unpaired) electrons. The van der Waals surface area contributed by atoms with Gasteiger partial charge in [-0.2, -0.15) is 0 Å². The summed E-state index contributed by atoms with van der Waals surface area (Å²) in [6.45, 7) is 9.14. The Morgan fingerprint density at radius 2 is 1.12 bits per heavy atom. The Kier molecular flexibility index (Phi) is 31.7. The third kappa shape index (κ3) is 16.4. The molecule has 2 nitrogen and oxygen atoms in total. The van der Waals surface area contributed by atoms with Crippen molar-refractivity contribution in [1.29, 1.82) is 0 Å². The van der Waals surface area contributed by atoms with Crippen LogP contribution in [0.15, 0.2) is 0 Å². The molecule has 0 spiro atoms. The Morgan fingerprint density at radius 1 is 0.750 bits per heavy atom. The fourth-order valence-corrected chi connectivity index (χ4v) is 1.50. The topological polar surface area (TPSA) is 15.3 Å². The molecular formula is C14H38N2. The van der Waals surface area contributed by atoms with Crippen LogP contribution in [0.2, 0.25) is 0 Å². The Hall–Kier alpha value is -0.0800. The summed E-state index contributed by atoms with van der Waals surface area (Å²) in [7, 11) is 2.17. The lowest BCUT2D eigenvalue weighted by Gasteiger charge is -2.01. The quantitative estimate of drug-likeness (QED) is 0.681. The van der Waals surface area contributed by atoms with Gasteiger partial charge in [-0.05, 0) is 58.9 Å². The molecule has 0 saturated carbocycles. The lowest BCUT2D eigenvalue weighted by molar-refractivity contribution is 0.418. The number of rotatable bonds is 0. The third-order valence-electron chi connectivity index (χ3n) is 2.29. The van der Waals surface area contributed by atoms with Crippen LogP contribution in [0.1, 0.15) is 61.8 Å². The first-order valence-electron chi connectivity index (χ1n) is 5.79. The number of likely N-dealkylation sites (tertiary alicyclic amines) is 1. The minimum absolute atomic E-state index is 0. The smallest absolute Gasteiger partial charge is 0.00213 e. The second-order valence-corrected chi connectivity index (χ2v) is 3.47. The Labute approximate surface area is 106 Å². The maximum atomic E-state index is 3.22. The van der Waals surface area contributed by atoms with Crippen molar-refractivity contribution in [3.63, 3.8) is 0 Å². The van der Waals surface area contributed by atoms with Crippen molar-refractivity contribution < 1.29 is 0 Å². The predicted molar refractivity (Wildman–Crippen MR) is 80.4 cm³/mol. The van der Waals surface area contributed by atoms with E-state index in [1.165, 1.54) is 51.9 Å². The molecule has 2 saturated heterocycles. The van der Waals surface area contributed by atoms with Gasteiger partial charge >= 0.3 is 0 Å². The molecule has 0 aromatic rings. The maximum absolute atomic E-state index is 3.22. The van der Waals surface area contributed by atoms with Crippen LogP contribution in [0.4, 0.5) is 0 Å². The van der Waals surface area contributed by atoms with Crippen LogP contribution in [-0.2, 0) is 0 Å². The van der Waals surface area contributed by atoms with Crippen molar-refractivity contribution in [2.24, 2.45) is 0 Å². The standard InChI is InChI=1S/C5H11N.C4H9N.C2H6.3CH4/c1-6-4-2-3-5-6;1-2-4-5-3-1;1-2;;;/h2-5H2,1H3;5H,1-4H2;1-2H3;3*1H4. The van der Waals surface area contributed by atoms with Crippen LogP contribution in [0.25, 0.3) is 0 Å². The number of nitrogens with one attached hydrogen (secondary N) is 1. The van der Waals surface area contributed by atoms with E-state index in [2.05, 4.69) is 17.3 Å². The molecule has 0 amide bonds. The molecule has 2 fully saturated rings. The summed E-state index contributed by atoms with van der Waals surface area (Å²) in [4.78, 5) is 2.36. The van der Waals surface area contributed by atoms with Crippen LogP contribution in [0.5, 0.6) is 0 Å². The van der Waals surface area contributed by atoms with E-state index < -0.39 is 0 Å². The summed E-state index contributed by atoms with van der Waals surface area (Å²) < 4.78 is 0. The van der Waals surface area contributed by atoms with Gasteiger partial charge in [0.15, 0.2) is 0 Å². The van der Waals surface area contributed by atoms with Crippen molar-refractivity contribution in [2.75, 3.05) is 33.2 Å². The van der Waals surface area contributed by atoms with E-state index >= 15 is 0 Å². The highest BCUT2D eigenvalue weighted by atomic mass is 15.1. The zero-order valence-corrected chi connectivity index (χ0v) is 9.60. The summed E-state index contributed by atoms with van der Waals surface area (Å²) in [6.07, 6.45) is 5.60. The fraction of sp³-hybridized carbons (Fsp3) is 1.00. The van der Waals surface area contributed by atoms with Gasteiger partial charge in [0.05, 0.1) is 0 Å². The summed E-state index contributed by atoms with van der Waals surface area (Å²) in [5.41, 5.74) is 0. The molecule has 0 aromatic carbocycles. The van der Waals surface area contributed by atoms with Gasteiger partial charge in [0.2, 0.25) is 0 Å². The van der Waals surface area contributed by atoms with E-state index in [1.54, 1.807) is 0 Å². The summed E-state index contributed by atoms with van der Waals surface area (Å²) >= 11 is 0. The summed E-state index contributed by atoms with van der Waals surface area (Å²) in [6, 6.07) is 0. The Bertz CT molecular complexity index is 77.1. The monoisotopic (exact) mass is 234 g/mol. The molecule has 2 heterocycles. The second-order valence-electron chi connectivity index (χ2n) is 3.47. The number of hydrogen-bond donors (Lipinski definition) is 1. The molecule has 2 aliphatic rings. The molecule has 16 heavy (non-hydrogen) atoms. The zero-order valence-electron chi connectivity index (χ0n) is 9.60. The molecule has 2 heteroatoms. The Balaban J connectivity index is -0.0000000676.